The largest absolute Gasteiger partial charge is 0.339 e. The second-order valence-corrected chi connectivity index (χ2v) is 3.49. The molecule has 1 aliphatic rings. The van der Waals surface area contributed by atoms with Gasteiger partial charge in [0.05, 0.1) is 0 Å². The van der Waals surface area contributed by atoms with Gasteiger partial charge in [0.1, 0.15) is 0 Å². The summed E-state index contributed by atoms with van der Waals surface area (Å²) in [4.78, 5) is 13.4. The van der Waals surface area contributed by atoms with E-state index < -0.39 is 0 Å². The molecule has 1 amide bonds. The lowest BCUT2D eigenvalue weighted by molar-refractivity contribution is -0.130. The minimum Gasteiger partial charge on any atom is -0.339 e. The van der Waals surface area contributed by atoms with Crippen LogP contribution in [0.3, 0.4) is 0 Å². The zero-order valence-electron chi connectivity index (χ0n) is 8.47. The normalized spacial score (nSPS) is 17.1. The van der Waals surface area contributed by atoms with E-state index in [4.69, 9.17) is 0 Å². The molecule has 0 fully saturated rings. The Morgan fingerprint density at radius 1 is 1.69 bits per heavy atom. The van der Waals surface area contributed by atoms with Crippen LogP contribution in [-0.4, -0.2) is 37.5 Å². The highest BCUT2D eigenvalue weighted by atomic mass is 16.2. The molecule has 0 aromatic heterocycles. The van der Waals surface area contributed by atoms with E-state index in [0.717, 1.165) is 26.1 Å². The maximum atomic E-state index is 11.5. The molecule has 0 atom stereocenters. The first-order valence-corrected chi connectivity index (χ1v) is 4.82. The maximum Gasteiger partial charge on any atom is 0.224 e. The zero-order chi connectivity index (χ0) is 9.68. The lowest BCUT2D eigenvalue weighted by atomic mass is 10.1. The number of nitrogens with one attached hydrogen (secondary N) is 1. The summed E-state index contributed by atoms with van der Waals surface area (Å²) in [5.74, 6) is 0.262. The van der Waals surface area contributed by atoms with Gasteiger partial charge in [-0.25, -0.2) is 0 Å². The van der Waals surface area contributed by atoms with E-state index in [2.05, 4.69) is 18.3 Å². The average Bonchev–Trinajstić information content (AvgIpc) is 2.15. The first-order chi connectivity index (χ1) is 6.24. The zero-order valence-corrected chi connectivity index (χ0v) is 8.47. The maximum absolute atomic E-state index is 11.5. The molecule has 0 radical (unpaired) electrons. The monoisotopic (exact) mass is 182 g/mol. The first-order valence-electron chi connectivity index (χ1n) is 4.82. The molecule has 0 saturated carbocycles. The molecule has 3 heteroatoms. The lowest BCUT2D eigenvalue weighted by Gasteiger charge is -2.25. The number of carbonyl (C=O) groups excluding carboxylic acids is 1. The van der Waals surface area contributed by atoms with Gasteiger partial charge >= 0.3 is 0 Å². The molecule has 0 aromatic rings. The Balaban J connectivity index is 2.32. The predicted octanol–water partition coefficient (Wildman–Crippen LogP) is 0.774. The van der Waals surface area contributed by atoms with Crippen LogP contribution in [0.5, 0.6) is 0 Å². The number of carbonyl (C=O) groups is 1. The summed E-state index contributed by atoms with van der Waals surface area (Å²) in [6.45, 7) is 4.59. The second kappa shape index (κ2) is 5.02. The van der Waals surface area contributed by atoms with Crippen molar-refractivity contribution in [2.24, 2.45) is 0 Å². The van der Waals surface area contributed by atoms with Gasteiger partial charge in [-0.3, -0.25) is 4.79 Å². The van der Waals surface area contributed by atoms with Crippen molar-refractivity contribution >= 4 is 5.91 Å². The summed E-state index contributed by atoms with van der Waals surface area (Å²) in [5, 5.41) is 2.98. The van der Waals surface area contributed by atoms with Crippen molar-refractivity contribution in [3.8, 4) is 0 Å². The Labute approximate surface area is 79.8 Å². The second-order valence-electron chi connectivity index (χ2n) is 3.49. The molecule has 1 N–H and O–H groups in total. The standard InChI is InChI=1S/C10H18N2O/c1-9-4-7-12(8-5-9)10(13)3-6-11-2/h4,11H,3,5-8H2,1-2H3. The van der Waals surface area contributed by atoms with Crippen molar-refractivity contribution in [3.63, 3.8) is 0 Å². The molecule has 0 aliphatic carbocycles. The van der Waals surface area contributed by atoms with Crippen molar-refractivity contribution in [1.82, 2.24) is 10.2 Å². The SMILES string of the molecule is CNCCC(=O)N1CC=C(C)CC1. The number of hydrogen-bond acceptors (Lipinski definition) is 2. The molecule has 13 heavy (non-hydrogen) atoms. The van der Waals surface area contributed by atoms with Crippen LogP contribution in [0.1, 0.15) is 19.8 Å². The summed E-state index contributed by atoms with van der Waals surface area (Å²) >= 11 is 0. The molecule has 0 spiro atoms. The Hall–Kier alpha value is -0.830. The molecule has 0 aromatic carbocycles. The van der Waals surface area contributed by atoms with Crippen LogP contribution >= 0.6 is 0 Å². The van der Waals surface area contributed by atoms with Gasteiger partial charge in [-0.1, -0.05) is 11.6 Å². The summed E-state index contributed by atoms with van der Waals surface area (Å²) < 4.78 is 0. The third kappa shape index (κ3) is 3.19. The van der Waals surface area contributed by atoms with Crippen LogP contribution in [0.25, 0.3) is 0 Å². The van der Waals surface area contributed by atoms with Gasteiger partial charge in [-0.2, -0.15) is 0 Å². The Bertz CT molecular complexity index is 211. The molecular weight excluding hydrogens is 164 g/mol. The Kier molecular flexibility index (Phi) is 3.96. The van der Waals surface area contributed by atoms with Gasteiger partial charge in [0.25, 0.3) is 0 Å². The van der Waals surface area contributed by atoms with E-state index in [0.29, 0.717) is 6.42 Å². The smallest absolute Gasteiger partial charge is 0.224 e. The van der Waals surface area contributed by atoms with Gasteiger partial charge < -0.3 is 10.2 Å². The quantitative estimate of drug-likeness (QED) is 0.654. The summed E-state index contributed by atoms with van der Waals surface area (Å²) in [7, 11) is 1.87. The van der Waals surface area contributed by atoms with E-state index in [-0.39, 0.29) is 5.91 Å². The number of rotatable bonds is 3. The van der Waals surface area contributed by atoms with Gasteiger partial charge in [0, 0.05) is 26.1 Å². The first kappa shape index (κ1) is 10.3. The van der Waals surface area contributed by atoms with E-state index in [1.807, 2.05) is 11.9 Å². The third-order valence-corrected chi connectivity index (χ3v) is 2.38. The molecule has 3 nitrogen and oxygen atoms in total. The highest BCUT2D eigenvalue weighted by molar-refractivity contribution is 5.76. The van der Waals surface area contributed by atoms with E-state index in [1.54, 1.807) is 0 Å². The Morgan fingerprint density at radius 2 is 2.46 bits per heavy atom. The van der Waals surface area contributed by atoms with E-state index in [1.165, 1.54) is 5.57 Å². The number of hydrogen-bond donors (Lipinski definition) is 1. The van der Waals surface area contributed by atoms with E-state index >= 15 is 0 Å². The van der Waals surface area contributed by atoms with Crippen molar-refractivity contribution in [1.29, 1.82) is 0 Å². The van der Waals surface area contributed by atoms with Crippen molar-refractivity contribution in [3.05, 3.63) is 11.6 Å². The molecular formula is C10H18N2O. The third-order valence-electron chi connectivity index (χ3n) is 2.38. The molecule has 1 aliphatic heterocycles. The fourth-order valence-electron chi connectivity index (χ4n) is 1.39. The minimum atomic E-state index is 0.262. The molecule has 0 bridgehead atoms. The summed E-state index contributed by atoms with van der Waals surface area (Å²) in [6.07, 6.45) is 3.79. The molecule has 0 unspecified atom stereocenters. The van der Waals surface area contributed by atoms with Crippen LogP contribution in [0.15, 0.2) is 11.6 Å². The minimum absolute atomic E-state index is 0.262. The van der Waals surface area contributed by atoms with Crippen molar-refractivity contribution < 1.29 is 4.79 Å². The highest BCUT2D eigenvalue weighted by Gasteiger charge is 2.14. The van der Waals surface area contributed by atoms with Gasteiger partial charge in [-0.15, -0.1) is 0 Å². The molecule has 1 rings (SSSR count). The van der Waals surface area contributed by atoms with Crippen molar-refractivity contribution in [2.75, 3.05) is 26.7 Å². The average molecular weight is 182 g/mol. The molecule has 1 heterocycles. The van der Waals surface area contributed by atoms with Crippen LogP contribution in [-0.2, 0) is 4.79 Å². The van der Waals surface area contributed by atoms with Crippen molar-refractivity contribution in [2.45, 2.75) is 19.8 Å². The van der Waals surface area contributed by atoms with Gasteiger partial charge in [-0.05, 0) is 20.4 Å². The summed E-state index contributed by atoms with van der Waals surface area (Å²) in [5.41, 5.74) is 1.40. The topological polar surface area (TPSA) is 32.3 Å². The fourth-order valence-corrected chi connectivity index (χ4v) is 1.39. The number of amides is 1. The highest BCUT2D eigenvalue weighted by Crippen LogP contribution is 2.09. The van der Waals surface area contributed by atoms with Crippen LogP contribution in [0.2, 0.25) is 0 Å². The van der Waals surface area contributed by atoms with Gasteiger partial charge in [0.15, 0.2) is 0 Å². The number of nitrogens with zero attached hydrogens (tertiary/aromatic N) is 1. The Morgan fingerprint density at radius 3 is 3.00 bits per heavy atom. The fraction of sp³-hybridized carbons (Fsp3) is 0.700. The van der Waals surface area contributed by atoms with E-state index in [9.17, 15) is 4.79 Å². The lowest BCUT2D eigenvalue weighted by Crippen LogP contribution is -2.35. The van der Waals surface area contributed by atoms with Crippen LogP contribution in [0, 0.1) is 0 Å². The van der Waals surface area contributed by atoms with Crippen LogP contribution < -0.4 is 5.32 Å². The molecule has 0 saturated heterocycles. The van der Waals surface area contributed by atoms with Gasteiger partial charge in [0.2, 0.25) is 5.91 Å². The summed E-state index contributed by atoms with van der Waals surface area (Å²) in [6, 6.07) is 0. The predicted molar refractivity (Wildman–Crippen MR) is 53.5 cm³/mol. The van der Waals surface area contributed by atoms with Crippen LogP contribution in [0.4, 0.5) is 0 Å². The molecule has 74 valence electrons.